The van der Waals surface area contributed by atoms with Crippen LogP contribution in [0.2, 0.25) is 0 Å². The molecule has 1 N–H and O–H groups in total. The lowest BCUT2D eigenvalue weighted by Crippen LogP contribution is -2.10. The number of ether oxygens (including phenoxy) is 1. The van der Waals surface area contributed by atoms with Gasteiger partial charge in [0.2, 0.25) is 0 Å². The Kier molecular flexibility index (Phi) is 3.96. The fraction of sp³-hybridized carbons (Fsp3) is 0.0588. The molecule has 0 saturated carbocycles. The number of halogens is 1. The van der Waals surface area contributed by atoms with E-state index in [9.17, 15) is 9.18 Å². The molecule has 0 spiro atoms. The van der Waals surface area contributed by atoms with E-state index >= 15 is 0 Å². The van der Waals surface area contributed by atoms with Crippen molar-refractivity contribution in [1.29, 1.82) is 0 Å². The number of rotatable bonds is 4. The maximum atomic E-state index is 13.5. The average molecular weight is 296 g/mol. The maximum Gasteiger partial charge on any atom is 0.272 e. The van der Waals surface area contributed by atoms with Crippen molar-refractivity contribution in [1.82, 2.24) is 10.2 Å². The number of hydrogen-bond acceptors (Lipinski definition) is 3. The van der Waals surface area contributed by atoms with E-state index in [4.69, 9.17) is 4.74 Å². The molecule has 0 aliphatic carbocycles. The second kappa shape index (κ2) is 6.22. The van der Waals surface area contributed by atoms with E-state index in [0.717, 1.165) is 5.56 Å². The summed E-state index contributed by atoms with van der Waals surface area (Å²) in [5, 5.41) is 5.98. The molecule has 0 radical (unpaired) electrons. The topological polar surface area (TPSA) is 55.0 Å². The van der Waals surface area contributed by atoms with Crippen LogP contribution in [-0.4, -0.2) is 10.2 Å². The zero-order chi connectivity index (χ0) is 15.4. The van der Waals surface area contributed by atoms with Gasteiger partial charge in [0.05, 0.1) is 5.56 Å². The molecular formula is C17H13FN2O2. The maximum absolute atomic E-state index is 13.5. The predicted molar refractivity (Wildman–Crippen MR) is 81.0 cm³/mol. The molecule has 0 atom stereocenters. The second-order valence-corrected chi connectivity index (χ2v) is 4.71. The van der Waals surface area contributed by atoms with Crippen LogP contribution in [-0.2, 0) is 6.61 Å². The van der Waals surface area contributed by atoms with E-state index in [1.807, 2.05) is 30.3 Å². The smallest absolute Gasteiger partial charge is 0.272 e. The first-order chi connectivity index (χ1) is 10.7. The van der Waals surface area contributed by atoms with Gasteiger partial charge in [-0.2, -0.15) is 5.10 Å². The van der Waals surface area contributed by atoms with Crippen LogP contribution < -0.4 is 10.3 Å². The number of hydrogen-bond donors (Lipinski definition) is 1. The SMILES string of the molecule is O=c1[nH]nccc1-c1cc(F)ccc1OCc1ccccc1. The van der Waals surface area contributed by atoms with Crippen molar-refractivity contribution in [2.45, 2.75) is 6.61 Å². The van der Waals surface area contributed by atoms with Gasteiger partial charge in [0.1, 0.15) is 18.2 Å². The standard InChI is InChI=1S/C17H13FN2O2/c18-13-6-7-16(22-11-12-4-2-1-3-5-12)15(10-13)14-8-9-19-20-17(14)21/h1-10H,11H2,(H,20,21). The van der Waals surface area contributed by atoms with E-state index in [1.54, 1.807) is 0 Å². The molecule has 0 fully saturated rings. The van der Waals surface area contributed by atoms with E-state index < -0.39 is 11.4 Å². The lowest BCUT2D eigenvalue weighted by atomic mass is 10.1. The number of H-pyrrole nitrogens is 1. The molecule has 0 bridgehead atoms. The Hall–Kier alpha value is -2.95. The zero-order valence-electron chi connectivity index (χ0n) is 11.6. The zero-order valence-corrected chi connectivity index (χ0v) is 11.6. The van der Waals surface area contributed by atoms with Crippen molar-refractivity contribution in [3.63, 3.8) is 0 Å². The molecule has 0 saturated heterocycles. The van der Waals surface area contributed by atoms with Gasteiger partial charge in [0.25, 0.3) is 5.56 Å². The Balaban J connectivity index is 1.95. The molecule has 1 heterocycles. The van der Waals surface area contributed by atoms with E-state index in [2.05, 4.69) is 10.2 Å². The van der Waals surface area contributed by atoms with Crippen molar-refractivity contribution in [2.24, 2.45) is 0 Å². The summed E-state index contributed by atoms with van der Waals surface area (Å²) in [5.74, 6) is 0.0141. The summed E-state index contributed by atoms with van der Waals surface area (Å²) in [6.07, 6.45) is 1.45. The summed E-state index contributed by atoms with van der Waals surface area (Å²) in [6, 6.07) is 15.3. The first-order valence-electron chi connectivity index (χ1n) is 6.74. The molecule has 2 aromatic carbocycles. The van der Waals surface area contributed by atoms with Crippen LogP contribution in [0.15, 0.2) is 65.6 Å². The Morgan fingerprint density at radius 2 is 1.86 bits per heavy atom. The first-order valence-corrected chi connectivity index (χ1v) is 6.74. The van der Waals surface area contributed by atoms with Gasteiger partial charge in [0.15, 0.2) is 0 Å². The van der Waals surface area contributed by atoms with Crippen LogP contribution in [0.1, 0.15) is 5.56 Å². The van der Waals surface area contributed by atoms with Crippen molar-refractivity contribution < 1.29 is 9.13 Å². The van der Waals surface area contributed by atoms with Gasteiger partial charge < -0.3 is 4.74 Å². The summed E-state index contributed by atoms with van der Waals surface area (Å²) < 4.78 is 19.3. The summed E-state index contributed by atoms with van der Waals surface area (Å²) in [4.78, 5) is 11.9. The predicted octanol–water partition coefficient (Wildman–Crippen LogP) is 3.16. The number of nitrogens with one attached hydrogen (secondary N) is 1. The molecular weight excluding hydrogens is 283 g/mol. The lowest BCUT2D eigenvalue weighted by Gasteiger charge is -2.11. The molecule has 0 unspecified atom stereocenters. The highest BCUT2D eigenvalue weighted by Crippen LogP contribution is 2.29. The van der Waals surface area contributed by atoms with E-state index in [-0.39, 0.29) is 0 Å². The minimum Gasteiger partial charge on any atom is -0.488 e. The fourth-order valence-corrected chi connectivity index (χ4v) is 2.13. The third-order valence-electron chi connectivity index (χ3n) is 3.20. The summed E-state index contributed by atoms with van der Waals surface area (Å²) in [6.45, 7) is 0.336. The molecule has 0 amide bonds. The molecule has 3 aromatic rings. The number of aromatic amines is 1. The molecule has 4 nitrogen and oxygen atoms in total. The van der Waals surface area contributed by atoms with Gasteiger partial charge in [-0.1, -0.05) is 30.3 Å². The second-order valence-electron chi connectivity index (χ2n) is 4.71. The van der Waals surface area contributed by atoms with Crippen LogP contribution in [0.3, 0.4) is 0 Å². The largest absolute Gasteiger partial charge is 0.488 e. The van der Waals surface area contributed by atoms with Gasteiger partial charge in [-0.05, 0) is 29.8 Å². The normalized spacial score (nSPS) is 10.4. The van der Waals surface area contributed by atoms with Crippen LogP contribution in [0.5, 0.6) is 5.75 Å². The molecule has 22 heavy (non-hydrogen) atoms. The van der Waals surface area contributed by atoms with Crippen molar-refractivity contribution in [3.8, 4) is 16.9 Å². The fourth-order valence-electron chi connectivity index (χ4n) is 2.13. The van der Waals surface area contributed by atoms with Gasteiger partial charge in [0, 0.05) is 11.8 Å². The molecule has 5 heteroatoms. The molecule has 3 rings (SSSR count). The summed E-state index contributed by atoms with van der Waals surface area (Å²) >= 11 is 0. The van der Waals surface area contributed by atoms with Crippen LogP contribution in [0, 0.1) is 5.82 Å². The van der Waals surface area contributed by atoms with E-state index in [0.29, 0.717) is 23.5 Å². The average Bonchev–Trinajstić information content (AvgIpc) is 2.55. The summed E-state index contributed by atoms with van der Waals surface area (Å²) in [5.41, 5.74) is 1.32. The highest BCUT2D eigenvalue weighted by Gasteiger charge is 2.11. The van der Waals surface area contributed by atoms with Gasteiger partial charge in [-0.25, -0.2) is 9.49 Å². The quantitative estimate of drug-likeness (QED) is 0.804. The van der Waals surface area contributed by atoms with Gasteiger partial charge >= 0.3 is 0 Å². The minimum atomic E-state index is -0.432. The van der Waals surface area contributed by atoms with Crippen molar-refractivity contribution >= 4 is 0 Å². The van der Waals surface area contributed by atoms with Crippen LogP contribution in [0.4, 0.5) is 4.39 Å². The number of aromatic nitrogens is 2. The Morgan fingerprint density at radius 3 is 2.64 bits per heavy atom. The van der Waals surface area contributed by atoms with Crippen LogP contribution in [0.25, 0.3) is 11.1 Å². The van der Waals surface area contributed by atoms with Gasteiger partial charge in [-0.3, -0.25) is 4.79 Å². The summed E-state index contributed by atoms with van der Waals surface area (Å²) in [7, 11) is 0. The number of benzene rings is 2. The molecule has 0 aliphatic heterocycles. The Bertz CT molecular complexity index is 831. The molecule has 1 aromatic heterocycles. The molecule has 110 valence electrons. The third-order valence-corrected chi connectivity index (χ3v) is 3.20. The molecule has 0 aliphatic rings. The highest BCUT2D eigenvalue weighted by atomic mass is 19.1. The first kappa shape index (κ1) is 14.0. The van der Waals surface area contributed by atoms with Gasteiger partial charge in [-0.15, -0.1) is 0 Å². The van der Waals surface area contributed by atoms with Crippen LogP contribution >= 0.6 is 0 Å². The lowest BCUT2D eigenvalue weighted by molar-refractivity contribution is 0.307. The minimum absolute atomic E-state index is 0.317. The monoisotopic (exact) mass is 296 g/mol. The third kappa shape index (κ3) is 3.03. The Morgan fingerprint density at radius 1 is 1.05 bits per heavy atom. The number of nitrogens with zero attached hydrogens (tertiary/aromatic N) is 1. The van der Waals surface area contributed by atoms with Crippen molar-refractivity contribution in [2.75, 3.05) is 0 Å². The highest BCUT2D eigenvalue weighted by molar-refractivity contribution is 5.69. The van der Waals surface area contributed by atoms with E-state index in [1.165, 1.54) is 30.5 Å². The Labute approximate surface area is 126 Å². The van der Waals surface area contributed by atoms with Crippen molar-refractivity contribution in [3.05, 3.63) is 82.5 Å².